The number of nitro benzene ring substituents is 1. The highest BCUT2D eigenvalue weighted by Gasteiger charge is 2.17. The molecule has 0 amide bonds. The maximum absolute atomic E-state index is 13.8. The number of halogens is 2. The number of carbonyl (C=O) groups is 1. The van der Waals surface area contributed by atoms with E-state index in [4.69, 9.17) is 16.7 Å². The number of hydrogen-bond donors (Lipinski definition) is 2. The molecule has 0 aliphatic heterocycles. The standard InChI is InChI=1S/C13H8ClFN2O4/c14-9-2-1-3-11(12(9)15)16-10-5-4-7(17(20)21)6-8(10)13(18)19/h1-6,16H,(H,18,19). The number of nitrogens with zero attached hydrogens (tertiary/aromatic N) is 1. The first-order chi connectivity index (χ1) is 9.90. The van der Waals surface area contributed by atoms with Crippen LogP contribution in [0.5, 0.6) is 0 Å². The Kier molecular flexibility index (Phi) is 4.04. The van der Waals surface area contributed by atoms with Crippen LogP contribution in [0.15, 0.2) is 36.4 Å². The van der Waals surface area contributed by atoms with Gasteiger partial charge in [-0.2, -0.15) is 0 Å². The third-order valence-electron chi connectivity index (χ3n) is 2.67. The van der Waals surface area contributed by atoms with Crippen LogP contribution in [-0.2, 0) is 0 Å². The van der Waals surface area contributed by atoms with Crippen LogP contribution in [-0.4, -0.2) is 16.0 Å². The average molecular weight is 311 g/mol. The topological polar surface area (TPSA) is 92.5 Å². The van der Waals surface area contributed by atoms with Crippen LogP contribution < -0.4 is 5.32 Å². The van der Waals surface area contributed by atoms with Gasteiger partial charge in [0.15, 0.2) is 5.82 Å². The molecule has 0 bridgehead atoms. The number of non-ortho nitro benzene ring substituents is 1. The summed E-state index contributed by atoms with van der Waals surface area (Å²) in [7, 11) is 0. The maximum atomic E-state index is 13.8. The van der Waals surface area contributed by atoms with E-state index in [2.05, 4.69) is 5.32 Å². The van der Waals surface area contributed by atoms with Crippen molar-refractivity contribution in [3.8, 4) is 0 Å². The fourth-order valence-electron chi connectivity index (χ4n) is 1.68. The minimum atomic E-state index is -1.37. The molecular formula is C13H8ClFN2O4. The number of benzene rings is 2. The molecule has 2 aromatic carbocycles. The van der Waals surface area contributed by atoms with Crippen LogP contribution in [0.25, 0.3) is 0 Å². The lowest BCUT2D eigenvalue weighted by atomic mass is 10.1. The summed E-state index contributed by atoms with van der Waals surface area (Å²) in [5, 5.41) is 22.2. The van der Waals surface area contributed by atoms with Crippen LogP contribution >= 0.6 is 11.6 Å². The Balaban J connectivity index is 2.46. The number of hydrogen-bond acceptors (Lipinski definition) is 4. The van der Waals surface area contributed by atoms with Crippen LogP contribution in [0.2, 0.25) is 5.02 Å². The number of carboxylic acids is 1. The van der Waals surface area contributed by atoms with Crippen LogP contribution in [0.4, 0.5) is 21.5 Å². The van der Waals surface area contributed by atoms with Gasteiger partial charge in [0.2, 0.25) is 0 Å². The lowest BCUT2D eigenvalue weighted by Gasteiger charge is -2.10. The zero-order chi connectivity index (χ0) is 15.6. The van der Waals surface area contributed by atoms with Crippen molar-refractivity contribution in [3.05, 3.63) is 62.9 Å². The zero-order valence-corrected chi connectivity index (χ0v) is 11.1. The summed E-state index contributed by atoms with van der Waals surface area (Å²) in [4.78, 5) is 21.1. The minimum absolute atomic E-state index is 0.0225. The molecule has 2 N–H and O–H groups in total. The first-order valence-electron chi connectivity index (χ1n) is 5.63. The van der Waals surface area contributed by atoms with Crippen LogP contribution in [0.1, 0.15) is 10.4 Å². The highest BCUT2D eigenvalue weighted by Crippen LogP contribution is 2.29. The van der Waals surface area contributed by atoms with E-state index in [0.29, 0.717) is 0 Å². The number of rotatable bonds is 4. The second-order valence-electron chi connectivity index (χ2n) is 4.02. The quantitative estimate of drug-likeness (QED) is 0.661. The summed E-state index contributed by atoms with van der Waals surface area (Å²) in [6.45, 7) is 0. The summed E-state index contributed by atoms with van der Waals surface area (Å²) in [6.07, 6.45) is 0. The van der Waals surface area contributed by atoms with Crippen molar-refractivity contribution >= 4 is 34.6 Å². The number of aromatic carboxylic acids is 1. The second-order valence-corrected chi connectivity index (χ2v) is 4.43. The Bertz CT molecular complexity index is 736. The highest BCUT2D eigenvalue weighted by molar-refractivity contribution is 6.31. The predicted molar refractivity (Wildman–Crippen MR) is 74.7 cm³/mol. The molecule has 0 aliphatic rings. The van der Waals surface area contributed by atoms with Crippen molar-refractivity contribution in [2.24, 2.45) is 0 Å². The molecule has 0 atom stereocenters. The Morgan fingerprint density at radius 3 is 2.62 bits per heavy atom. The van der Waals surface area contributed by atoms with Crippen LogP contribution in [0, 0.1) is 15.9 Å². The van der Waals surface area contributed by atoms with E-state index in [9.17, 15) is 19.3 Å². The molecule has 0 saturated heterocycles. The van der Waals surface area contributed by atoms with Gasteiger partial charge in [0.25, 0.3) is 5.69 Å². The minimum Gasteiger partial charge on any atom is -0.478 e. The van der Waals surface area contributed by atoms with Gasteiger partial charge in [0, 0.05) is 12.1 Å². The third-order valence-corrected chi connectivity index (χ3v) is 2.96. The summed E-state index contributed by atoms with van der Waals surface area (Å²) in [5.41, 5.74) is -0.721. The largest absolute Gasteiger partial charge is 0.478 e. The van der Waals surface area contributed by atoms with Crippen LogP contribution in [0.3, 0.4) is 0 Å². The summed E-state index contributed by atoms with van der Waals surface area (Å²) < 4.78 is 13.8. The Labute approximate surface area is 122 Å². The molecule has 108 valence electrons. The van der Waals surface area contributed by atoms with Gasteiger partial charge in [-0.3, -0.25) is 10.1 Å². The van der Waals surface area contributed by atoms with Gasteiger partial charge >= 0.3 is 5.97 Å². The first-order valence-corrected chi connectivity index (χ1v) is 6.00. The van der Waals surface area contributed by atoms with E-state index >= 15 is 0 Å². The van der Waals surface area contributed by atoms with E-state index in [0.717, 1.165) is 12.1 Å². The van der Waals surface area contributed by atoms with Gasteiger partial charge < -0.3 is 10.4 Å². The summed E-state index contributed by atoms with van der Waals surface area (Å²) in [5.74, 6) is -2.11. The third kappa shape index (κ3) is 3.09. The zero-order valence-electron chi connectivity index (χ0n) is 10.3. The van der Waals surface area contributed by atoms with Crippen molar-refractivity contribution in [1.82, 2.24) is 0 Å². The van der Waals surface area contributed by atoms with Gasteiger partial charge in [-0.25, -0.2) is 9.18 Å². The molecule has 2 rings (SSSR count). The maximum Gasteiger partial charge on any atom is 0.338 e. The highest BCUT2D eigenvalue weighted by atomic mass is 35.5. The van der Waals surface area contributed by atoms with Crippen molar-refractivity contribution in [2.45, 2.75) is 0 Å². The van der Waals surface area contributed by atoms with E-state index in [1.807, 2.05) is 0 Å². The molecule has 21 heavy (non-hydrogen) atoms. The SMILES string of the molecule is O=C(O)c1cc([N+](=O)[O-])ccc1Nc1cccc(Cl)c1F. The fourth-order valence-corrected chi connectivity index (χ4v) is 1.85. The average Bonchev–Trinajstić information content (AvgIpc) is 2.43. The summed E-state index contributed by atoms with van der Waals surface area (Å²) >= 11 is 5.63. The lowest BCUT2D eigenvalue weighted by Crippen LogP contribution is -2.05. The normalized spacial score (nSPS) is 10.2. The van der Waals surface area contributed by atoms with Gasteiger partial charge in [0.1, 0.15) is 0 Å². The molecule has 0 radical (unpaired) electrons. The molecule has 2 aromatic rings. The molecule has 0 saturated carbocycles. The van der Waals surface area contributed by atoms with Crippen molar-refractivity contribution in [1.29, 1.82) is 0 Å². The molecule has 8 heteroatoms. The number of anilines is 2. The van der Waals surface area contributed by atoms with Gasteiger partial charge in [-0.15, -0.1) is 0 Å². The molecule has 0 unspecified atom stereocenters. The van der Waals surface area contributed by atoms with Crippen molar-refractivity contribution in [3.63, 3.8) is 0 Å². The summed E-state index contributed by atoms with van der Waals surface area (Å²) in [6, 6.07) is 7.41. The Morgan fingerprint density at radius 1 is 1.29 bits per heavy atom. The number of carboxylic acid groups (broad SMARTS) is 1. The molecule has 0 aromatic heterocycles. The van der Waals surface area contributed by atoms with E-state index in [1.54, 1.807) is 0 Å². The molecular weight excluding hydrogens is 303 g/mol. The van der Waals surface area contributed by atoms with Gasteiger partial charge in [0.05, 0.1) is 26.9 Å². The van der Waals surface area contributed by atoms with E-state index in [-0.39, 0.29) is 27.6 Å². The predicted octanol–water partition coefficient (Wildman–Crippen LogP) is 3.83. The number of nitrogens with one attached hydrogen (secondary N) is 1. The van der Waals surface area contributed by atoms with Gasteiger partial charge in [-0.05, 0) is 18.2 Å². The van der Waals surface area contributed by atoms with Crippen molar-refractivity contribution in [2.75, 3.05) is 5.32 Å². The lowest BCUT2D eigenvalue weighted by molar-refractivity contribution is -0.384. The van der Waals surface area contributed by atoms with Crippen molar-refractivity contribution < 1.29 is 19.2 Å². The van der Waals surface area contributed by atoms with Gasteiger partial charge in [-0.1, -0.05) is 17.7 Å². The molecule has 0 fully saturated rings. The number of nitro groups is 1. The molecule has 0 spiro atoms. The smallest absolute Gasteiger partial charge is 0.338 e. The Hall–Kier alpha value is -2.67. The molecule has 6 nitrogen and oxygen atoms in total. The fraction of sp³-hybridized carbons (Fsp3) is 0. The van der Waals surface area contributed by atoms with E-state index < -0.39 is 16.7 Å². The second kappa shape index (κ2) is 5.76. The molecule has 0 heterocycles. The Morgan fingerprint density at radius 2 is 2.00 bits per heavy atom. The van der Waals surface area contributed by atoms with E-state index in [1.165, 1.54) is 24.3 Å². The molecule has 0 aliphatic carbocycles. The monoisotopic (exact) mass is 310 g/mol. The first kappa shape index (κ1) is 14.7.